The Bertz CT molecular complexity index is 373. The second-order valence-corrected chi connectivity index (χ2v) is 5.98. The fraction of sp³-hybridized carbons (Fsp3) is 0.667. The van der Waals surface area contributed by atoms with Gasteiger partial charge in [-0.3, -0.25) is 0 Å². The van der Waals surface area contributed by atoms with Gasteiger partial charge in [-0.15, -0.1) is 0 Å². The minimum Gasteiger partial charge on any atom is -0.494 e. The molecule has 0 aromatic heterocycles. The van der Waals surface area contributed by atoms with Crippen LogP contribution in [0, 0.1) is 0 Å². The minimum absolute atomic E-state index is 0. The van der Waals surface area contributed by atoms with E-state index in [0.29, 0.717) is 5.92 Å². The molecule has 1 aromatic carbocycles. The van der Waals surface area contributed by atoms with Crippen LogP contribution < -0.4 is 4.74 Å². The van der Waals surface area contributed by atoms with Crippen molar-refractivity contribution in [1.29, 1.82) is 0 Å². The molecule has 1 atom stereocenters. The van der Waals surface area contributed by atoms with E-state index in [1.54, 1.807) is 0 Å². The Morgan fingerprint density at radius 3 is 2.50 bits per heavy atom. The first-order valence-corrected chi connectivity index (χ1v) is 8.24. The van der Waals surface area contributed by atoms with Gasteiger partial charge in [0.25, 0.3) is 0 Å². The highest BCUT2D eigenvalue weighted by molar-refractivity contribution is 5.29. The second kappa shape index (κ2) is 8.31. The third-order valence-electron chi connectivity index (χ3n) is 4.40. The summed E-state index contributed by atoms with van der Waals surface area (Å²) in [5.41, 5.74) is 1.41. The lowest BCUT2D eigenvalue weighted by Crippen LogP contribution is -2.31. The van der Waals surface area contributed by atoms with Crippen LogP contribution in [-0.2, 0) is 0 Å². The highest BCUT2D eigenvalue weighted by Crippen LogP contribution is 2.21. The largest absolute Gasteiger partial charge is 1.00 e. The Hall–Kier alpha value is -1.02. The highest BCUT2D eigenvalue weighted by atomic mass is 16.5. The Morgan fingerprint density at radius 1 is 1.15 bits per heavy atom. The van der Waals surface area contributed by atoms with Gasteiger partial charge in [0.2, 0.25) is 0 Å². The van der Waals surface area contributed by atoms with Crippen LogP contribution in [0.4, 0.5) is 0 Å². The molecular formula is C18H30NO+. The van der Waals surface area contributed by atoms with Crippen LogP contribution in [0.1, 0.15) is 58.9 Å². The third kappa shape index (κ3) is 4.82. The Labute approximate surface area is 125 Å². The average Bonchev–Trinajstić information content (AvgIpc) is 2.52. The fourth-order valence-corrected chi connectivity index (χ4v) is 2.79. The molecule has 2 nitrogen and oxygen atoms in total. The van der Waals surface area contributed by atoms with Crippen molar-refractivity contribution >= 4 is 0 Å². The number of likely N-dealkylation sites (tertiary alicyclic amines) is 1. The Morgan fingerprint density at radius 2 is 1.85 bits per heavy atom. The zero-order valence-corrected chi connectivity index (χ0v) is 13.1. The molecule has 0 spiro atoms. The van der Waals surface area contributed by atoms with E-state index in [2.05, 4.69) is 43.0 Å². The molecule has 1 saturated heterocycles. The quantitative estimate of drug-likeness (QED) is 0.677. The van der Waals surface area contributed by atoms with Crippen molar-refractivity contribution in [2.75, 3.05) is 26.2 Å². The fourth-order valence-electron chi connectivity index (χ4n) is 2.79. The van der Waals surface area contributed by atoms with Gasteiger partial charge in [0, 0.05) is 6.54 Å². The zero-order chi connectivity index (χ0) is 14.2. The predicted molar refractivity (Wildman–Crippen MR) is 86.7 cm³/mol. The van der Waals surface area contributed by atoms with E-state index in [4.69, 9.17) is 4.74 Å². The van der Waals surface area contributed by atoms with Gasteiger partial charge in [-0.2, -0.15) is 0 Å². The number of nitrogens with zero attached hydrogens (tertiary/aromatic N) is 1. The van der Waals surface area contributed by atoms with Gasteiger partial charge in [0.1, 0.15) is 5.75 Å². The molecule has 1 unspecified atom stereocenters. The van der Waals surface area contributed by atoms with Crippen LogP contribution >= 0.6 is 0 Å². The van der Waals surface area contributed by atoms with E-state index < -0.39 is 0 Å². The van der Waals surface area contributed by atoms with Crippen LogP contribution in [0.2, 0.25) is 0 Å². The summed E-state index contributed by atoms with van der Waals surface area (Å²) in [4.78, 5) is 2.57. The van der Waals surface area contributed by atoms with Crippen molar-refractivity contribution in [1.82, 2.24) is 4.90 Å². The first-order chi connectivity index (χ1) is 9.79. The van der Waals surface area contributed by atoms with Gasteiger partial charge in [-0.25, -0.2) is 0 Å². The van der Waals surface area contributed by atoms with Crippen LogP contribution in [0.3, 0.4) is 0 Å². The van der Waals surface area contributed by atoms with Gasteiger partial charge in [-0.1, -0.05) is 32.4 Å². The first-order valence-electron chi connectivity index (χ1n) is 8.24. The lowest BCUT2D eigenvalue weighted by molar-refractivity contribution is 0.205. The summed E-state index contributed by atoms with van der Waals surface area (Å²) < 4.78 is 5.84. The maximum Gasteiger partial charge on any atom is 1.00 e. The minimum atomic E-state index is 0. The Kier molecular flexibility index (Phi) is 6.38. The van der Waals surface area contributed by atoms with Gasteiger partial charge in [-0.05, 0) is 62.4 Å². The van der Waals surface area contributed by atoms with Crippen molar-refractivity contribution in [3.05, 3.63) is 29.8 Å². The molecule has 2 heteroatoms. The van der Waals surface area contributed by atoms with E-state index in [-0.39, 0.29) is 1.43 Å². The summed E-state index contributed by atoms with van der Waals surface area (Å²) >= 11 is 0. The number of hydrogen-bond donors (Lipinski definition) is 0. The molecule has 0 bridgehead atoms. The molecule has 1 heterocycles. The third-order valence-corrected chi connectivity index (χ3v) is 4.40. The zero-order valence-electron chi connectivity index (χ0n) is 14.1. The van der Waals surface area contributed by atoms with Crippen molar-refractivity contribution in [2.45, 2.75) is 51.9 Å². The molecule has 0 aliphatic carbocycles. The van der Waals surface area contributed by atoms with Crippen molar-refractivity contribution in [2.24, 2.45) is 0 Å². The summed E-state index contributed by atoms with van der Waals surface area (Å²) in [5.74, 6) is 1.65. The van der Waals surface area contributed by atoms with Crippen LogP contribution in [0.25, 0.3) is 0 Å². The summed E-state index contributed by atoms with van der Waals surface area (Å²) in [6.07, 6.45) is 6.48. The van der Waals surface area contributed by atoms with Crippen molar-refractivity contribution < 1.29 is 6.16 Å². The van der Waals surface area contributed by atoms with Crippen molar-refractivity contribution in [3.8, 4) is 5.75 Å². The first kappa shape index (κ1) is 15.4. The Balaban J connectivity index is 0.00000220. The average molecular weight is 276 g/mol. The standard InChI is InChI=1S/C18H29NO/c1-3-16(2)17-8-10-18(11-9-17)20-15-7-14-19-12-5-4-6-13-19/h8-11,16H,3-7,12-15H2,1-2H3/p+1. The number of ether oxygens (including phenoxy) is 1. The lowest BCUT2D eigenvalue weighted by atomic mass is 9.99. The second-order valence-electron chi connectivity index (χ2n) is 5.98. The molecule has 1 aliphatic heterocycles. The maximum atomic E-state index is 5.84. The number of piperidine rings is 1. The molecule has 1 aliphatic rings. The number of hydrogen-bond acceptors (Lipinski definition) is 2. The van der Waals surface area contributed by atoms with Crippen LogP contribution in [-0.4, -0.2) is 31.1 Å². The molecule has 0 amide bonds. The van der Waals surface area contributed by atoms with Crippen LogP contribution in [0.15, 0.2) is 24.3 Å². The smallest absolute Gasteiger partial charge is 0.494 e. The molecule has 2 rings (SSSR count). The van der Waals surface area contributed by atoms with E-state index in [1.807, 2.05) is 0 Å². The van der Waals surface area contributed by atoms with Gasteiger partial charge in [0.05, 0.1) is 6.61 Å². The molecule has 0 saturated carbocycles. The number of rotatable bonds is 7. The van der Waals surface area contributed by atoms with Gasteiger partial charge < -0.3 is 9.64 Å². The highest BCUT2D eigenvalue weighted by Gasteiger charge is 2.09. The molecule has 20 heavy (non-hydrogen) atoms. The van der Waals surface area contributed by atoms with Gasteiger partial charge in [0.15, 0.2) is 0 Å². The topological polar surface area (TPSA) is 12.5 Å². The summed E-state index contributed by atoms with van der Waals surface area (Å²) in [7, 11) is 0. The predicted octanol–water partition coefficient (Wildman–Crippen LogP) is 4.57. The number of benzene rings is 1. The molecule has 1 fully saturated rings. The van der Waals surface area contributed by atoms with Crippen LogP contribution in [0.5, 0.6) is 5.75 Å². The van der Waals surface area contributed by atoms with Crippen molar-refractivity contribution in [3.63, 3.8) is 0 Å². The summed E-state index contributed by atoms with van der Waals surface area (Å²) in [6, 6.07) is 8.63. The summed E-state index contributed by atoms with van der Waals surface area (Å²) in [6.45, 7) is 9.08. The van der Waals surface area contributed by atoms with Gasteiger partial charge >= 0.3 is 1.43 Å². The molecule has 112 valence electrons. The summed E-state index contributed by atoms with van der Waals surface area (Å²) in [5, 5.41) is 0. The molecule has 0 radical (unpaired) electrons. The monoisotopic (exact) mass is 276 g/mol. The van der Waals surface area contributed by atoms with E-state index in [0.717, 1.165) is 18.8 Å². The van der Waals surface area contributed by atoms with E-state index >= 15 is 0 Å². The maximum absolute atomic E-state index is 5.84. The SMILES string of the molecule is CCC(C)c1ccc(OCCCN2CCCCC2)cc1.[H+]. The lowest BCUT2D eigenvalue weighted by Gasteiger charge is -2.26. The molecule has 0 N–H and O–H groups in total. The normalized spacial score (nSPS) is 17.9. The molecular weight excluding hydrogens is 246 g/mol. The molecule has 1 aromatic rings. The van der Waals surface area contributed by atoms with E-state index in [9.17, 15) is 0 Å². The van der Waals surface area contributed by atoms with E-state index in [1.165, 1.54) is 50.9 Å².